The van der Waals surface area contributed by atoms with Crippen LogP contribution in [-0.2, 0) is 13.0 Å². The Balaban J connectivity index is 1.52. The number of aromatic nitrogens is 1. The van der Waals surface area contributed by atoms with E-state index in [0.29, 0.717) is 12.5 Å². The van der Waals surface area contributed by atoms with E-state index in [1.165, 1.54) is 17.5 Å². The molecule has 1 aliphatic rings. The smallest absolute Gasteiger partial charge is 0.208 e. The van der Waals surface area contributed by atoms with Crippen molar-refractivity contribution in [1.29, 1.82) is 0 Å². The van der Waals surface area contributed by atoms with E-state index < -0.39 is 0 Å². The second kappa shape index (κ2) is 4.58. The summed E-state index contributed by atoms with van der Waals surface area (Å²) in [5.41, 5.74) is 3.97. The maximum Gasteiger partial charge on any atom is 0.208 e. The van der Waals surface area contributed by atoms with Crippen molar-refractivity contribution in [1.82, 2.24) is 10.3 Å². The summed E-state index contributed by atoms with van der Waals surface area (Å²) in [5, 5.41) is 3.43. The maximum absolute atomic E-state index is 5.54. The molecule has 0 saturated carbocycles. The summed E-state index contributed by atoms with van der Waals surface area (Å²) in [6, 6.07) is 8.67. The van der Waals surface area contributed by atoms with Crippen LogP contribution in [-0.4, -0.2) is 11.5 Å². The zero-order valence-electron chi connectivity index (χ0n) is 10.9. The molecule has 0 aliphatic heterocycles. The van der Waals surface area contributed by atoms with Crippen LogP contribution in [0.3, 0.4) is 0 Å². The molecule has 1 aliphatic carbocycles. The molecular formula is C15H18N2O. The molecule has 0 saturated heterocycles. The first-order valence-electron chi connectivity index (χ1n) is 6.45. The van der Waals surface area contributed by atoms with E-state index in [2.05, 4.69) is 34.6 Å². The minimum absolute atomic E-state index is 0.651. The molecule has 0 amide bonds. The highest BCUT2D eigenvalue weighted by Gasteiger charge is 2.24. The van der Waals surface area contributed by atoms with E-state index in [9.17, 15) is 0 Å². The summed E-state index contributed by atoms with van der Waals surface area (Å²) in [6.07, 6.45) is 1.19. The van der Waals surface area contributed by atoms with Gasteiger partial charge in [-0.2, -0.15) is 0 Å². The normalized spacial score (nSPS) is 17.3. The zero-order chi connectivity index (χ0) is 12.5. The molecule has 1 unspecified atom stereocenters. The van der Waals surface area contributed by atoms with Crippen molar-refractivity contribution in [2.45, 2.75) is 32.7 Å². The first-order valence-corrected chi connectivity index (χ1v) is 6.45. The molecule has 0 spiro atoms. The Labute approximate surface area is 107 Å². The van der Waals surface area contributed by atoms with Crippen LogP contribution in [0, 0.1) is 13.8 Å². The number of hydrogen-bond donors (Lipinski definition) is 1. The van der Waals surface area contributed by atoms with Crippen molar-refractivity contribution in [2.24, 2.45) is 0 Å². The molecule has 3 heteroatoms. The first-order chi connectivity index (χ1) is 8.74. The van der Waals surface area contributed by atoms with E-state index in [4.69, 9.17) is 4.42 Å². The van der Waals surface area contributed by atoms with E-state index in [1.54, 1.807) is 0 Å². The number of hydrogen-bond acceptors (Lipinski definition) is 3. The Morgan fingerprint density at radius 1 is 1.33 bits per heavy atom. The molecule has 2 aromatic rings. The fourth-order valence-corrected chi connectivity index (χ4v) is 2.51. The first kappa shape index (κ1) is 11.5. The Morgan fingerprint density at radius 2 is 2.17 bits per heavy atom. The second-order valence-electron chi connectivity index (χ2n) is 4.98. The summed E-state index contributed by atoms with van der Waals surface area (Å²) in [5.74, 6) is 2.36. The summed E-state index contributed by atoms with van der Waals surface area (Å²) in [7, 11) is 0. The van der Waals surface area contributed by atoms with Crippen molar-refractivity contribution in [3.8, 4) is 0 Å². The van der Waals surface area contributed by atoms with Gasteiger partial charge in [-0.15, -0.1) is 0 Å². The zero-order valence-corrected chi connectivity index (χ0v) is 10.9. The predicted octanol–water partition coefficient (Wildman–Crippen LogP) is 2.72. The number of nitrogens with one attached hydrogen (secondary N) is 1. The van der Waals surface area contributed by atoms with Gasteiger partial charge in [-0.1, -0.05) is 24.3 Å². The topological polar surface area (TPSA) is 38.1 Å². The van der Waals surface area contributed by atoms with Gasteiger partial charge in [-0.05, 0) is 31.4 Å². The minimum Gasteiger partial charge on any atom is -0.444 e. The van der Waals surface area contributed by atoms with Gasteiger partial charge in [-0.3, -0.25) is 0 Å². The van der Waals surface area contributed by atoms with Gasteiger partial charge < -0.3 is 9.73 Å². The van der Waals surface area contributed by atoms with Gasteiger partial charge in [-0.25, -0.2) is 4.98 Å². The van der Waals surface area contributed by atoms with E-state index >= 15 is 0 Å². The molecule has 1 aromatic heterocycles. The number of fused-ring (bicyclic) bond motifs is 1. The van der Waals surface area contributed by atoms with Crippen molar-refractivity contribution in [3.05, 3.63) is 52.7 Å². The third-order valence-corrected chi connectivity index (χ3v) is 3.70. The summed E-state index contributed by atoms with van der Waals surface area (Å²) in [6.45, 7) is 5.64. The third-order valence-electron chi connectivity index (χ3n) is 3.70. The van der Waals surface area contributed by atoms with Gasteiger partial charge in [0.05, 0.1) is 12.2 Å². The molecule has 94 valence electrons. The molecule has 1 aromatic carbocycles. The Morgan fingerprint density at radius 3 is 2.89 bits per heavy atom. The average Bonchev–Trinajstić information content (AvgIpc) is 2.65. The van der Waals surface area contributed by atoms with Gasteiger partial charge in [0.1, 0.15) is 5.76 Å². The Kier molecular flexibility index (Phi) is 2.92. The molecule has 1 heterocycles. The number of benzene rings is 1. The van der Waals surface area contributed by atoms with Crippen LogP contribution < -0.4 is 5.32 Å². The lowest BCUT2D eigenvalue weighted by Crippen LogP contribution is -2.28. The number of aryl methyl sites for hydroxylation is 2. The maximum atomic E-state index is 5.54. The predicted molar refractivity (Wildman–Crippen MR) is 70.6 cm³/mol. The second-order valence-corrected chi connectivity index (χ2v) is 4.98. The van der Waals surface area contributed by atoms with Gasteiger partial charge in [0.15, 0.2) is 0 Å². The van der Waals surface area contributed by atoms with Crippen molar-refractivity contribution < 1.29 is 4.42 Å². The largest absolute Gasteiger partial charge is 0.444 e. The SMILES string of the molecule is Cc1nc(CNCC2Cc3ccccc32)oc1C. The Bertz CT molecular complexity index is 540. The fraction of sp³-hybridized carbons (Fsp3) is 0.400. The molecule has 3 rings (SSSR count). The molecule has 0 fully saturated rings. The lowest BCUT2D eigenvalue weighted by molar-refractivity contribution is 0.436. The molecular weight excluding hydrogens is 224 g/mol. The molecule has 18 heavy (non-hydrogen) atoms. The van der Waals surface area contributed by atoms with E-state index in [0.717, 1.165) is 23.9 Å². The summed E-state index contributed by atoms with van der Waals surface area (Å²) in [4.78, 5) is 4.37. The van der Waals surface area contributed by atoms with Crippen LogP contribution in [0.25, 0.3) is 0 Å². The summed E-state index contributed by atoms with van der Waals surface area (Å²) >= 11 is 0. The summed E-state index contributed by atoms with van der Waals surface area (Å²) < 4.78 is 5.54. The monoisotopic (exact) mass is 242 g/mol. The number of rotatable bonds is 4. The van der Waals surface area contributed by atoms with Crippen LogP contribution >= 0.6 is 0 Å². The van der Waals surface area contributed by atoms with Crippen molar-refractivity contribution >= 4 is 0 Å². The van der Waals surface area contributed by atoms with Crippen LogP contribution in [0.4, 0.5) is 0 Å². The van der Waals surface area contributed by atoms with Crippen LogP contribution in [0.15, 0.2) is 28.7 Å². The van der Waals surface area contributed by atoms with E-state index in [-0.39, 0.29) is 0 Å². The molecule has 0 bridgehead atoms. The third kappa shape index (κ3) is 2.06. The minimum atomic E-state index is 0.651. The van der Waals surface area contributed by atoms with Crippen LogP contribution in [0.2, 0.25) is 0 Å². The molecule has 1 atom stereocenters. The standard InChI is InChI=1S/C15H18N2O/c1-10-11(2)18-15(17-10)9-16-8-13-7-12-5-3-4-6-14(12)13/h3-6,13,16H,7-9H2,1-2H3. The molecule has 0 radical (unpaired) electrons. The lowest BCUT2D eigenvalue weighted by atomic mass is 9.78. The van der Waals surface area contributed by atoms with Gasteiger partial charge in [0.25, 0.3) is 0 Å². The molecule has 1 N–H and O–H groups in total. The Hall–Kier alpha value is -1.61. The van der Waals surface area contributed by atoms with Gasteiger partial charge in [0.2, 0.25) is 5.89 Å². The lowest BCUT2D eigenvalue weighted by Gasteiger charge is -2.30. The number of oxazole rings is 1. The molecule has 3 nitrogen and oxygen atoms in total. The van der Waals surface area contributed by atoms with Gasteiger partial charge >= 0.3 is 0 Å². The average molecular weight is 242 g/mol. The quantitative estimate of drug-likeness (QED) is 0.895. The van der Waals surface area contributed by atoms with E-state index in [1.807, 2.05) is 13.8 Å². The fourth-order valence-electron chi connectivity index (χ4n) is 2.51. The van der Waals surface area contributed by atoms with Crippen molar-refractivity contribution in [2.75, 3.05) is 6.54 Å². The highest BCUT2D eigenvalue weighted by Crippen LogP contribution is 2.33. The van der Waals surface area contributed by atoms with Gasteiger partial charge in [0, 0.05) is 12.5 Å². The van der Waals surface area contributed by atoms with Crippen LogP contribution in [0.1, 0.15) is 34.4 Å². The highest BCUT2D eigenvalue weighted by atomic mass is 16.4. The highest BCUT2D eigenvalue weighted by molar-refractivity contribution is 5.40. The number of nitrogens with zero attached hydrogens (tertiary/aromatic N) is 1. The van der Waals surface area contributed by atoms with Crippen LogP contribution in [0.5, 0.6) is 0 Å². The van der Waals surface area contributed by atoms with Crippen molar-refractivity contribution in [3.63, 3.8) is 0 Å².